The fourth-order valence-electron chi connectivity index (χ4n) is 2.13. The number of benzene rings is 2. The molecule has 3 rings (SSSR count). The van der Waals surface area contributed by atoms with Crippen LogP contribution in [0.25, 0.3) is 10.1 Å². The monoisotopic (exact) mass is 284 g/mol. The highest BCUT2D eigenvalue weighted by Crippen LogP contribution is 2.28. The van der Waals surface area contributed by atoms with Gasteiger partial charge in [0.1, 0.15) is 18.1 Å². The number of thiophene rings is 1. The number of methoxy groups -OCH3 is 1. The van der Waals surface area contributed by atoms with Gasteiger partial charge in [-0.05, 0) is 36.6 Å². The quantitative estimate of drug-likeness (QED) is 0.685. The Labute approximate surface area is 122 Å². The van der Waals surface area contributed by atoms with E-state index in [1.807, 2.05) is 24.3 Å². The average molecular weight is 284 g/mol. The van der Waals surface area contributed by atoms with E-state index in [-0.39, 0.29) is 0 Å². The van der Waals surface area contributed by atoms with E-state index < -0.39 is 0 Å². The molecule has 0 unspecified atom stereocenters. The molecule has 0 aliphatic heterocycles. The molecule has 1 heterocycles. The molecular weight excluding hydrogens is 268 g/mol. The molecule has 0 atom stereocenters. The Bertz CT molecular complexity index is 731. The van der Waals surface area contributed by atoms with Crippen LogP contribution in [-0.4, -0.2) is 7.11 Å². The second-order valence-electron chi connectivity index (χ2n) is 4.72. The lowest BCUT2D eigenvalue weighted by atomic mass is 10.2. The molecule has 0 radical (unpaired) electrons. The molecule has 20 heavy (non-hydrogen) atoms. The first-order valence-corrected chi connectivity index (χ1v) is 7.32. The van der Waals surface area contributed by atoms with Crippen LogP contribution >= 0.6 is 11.3 Å². The maximum Gasteiger partial charge on any atom is 0.123 e. The molecule has 1 aromatic heterocycles. The van der Waals surface area contributed by atoms with Crippen LogP contribution in [0.3, 0.4) is 0 Å². The SMILES string of the molecule is COc1cccc(OCc2cc3cc(C)ccc3s2)c1. The highest BCUT2D eigenvalue weighted by Gasteiger charge is 2.03. The van der Waals surface area contributed by atoms with E-state index in [9.17, 15) is 0 Å². The predicted molar refractivity (Wildman–Crippen MR) is 83.9 cm³/mol. The van der Waals surface area contributed by atoms with Crippen LogP contribution in [-0.2, 0) is 6.61 Å². The van der Waals surface area contributed by atoms with Crippen molar-refractivity contribution in [2.75, 3.05) is 7.11 Å². The summed E-state index contributed by atoms with van der Waals surface area (Å²) in [5, 5.41) is 1.29. The number of fused-ring (bicyclic) bond motifs is 1. The Morgan fingerprint density at radius 3 is 2.70 bits per heavy atom. The van der Waals surface area contributed by atoms with Crippen LogP contribution in [0.2, 0.25) is 0 Å². The van der Waals surface area contributed by atoms with Crippen LogP contribution in [0.15, 0.2) is 48.5 Å². The molecule has 0 saturated heterocycles. The third-order valence-electron chi connectivity index (χ3n) is 3.15. The fourth-order valence-corrected chi connectivity index (χ4v) is 3.09. The van der Waals surface area contributed by atoms with Gasteiger partial charge in [0.2, 0.25) is 0 Å². The van der Waals surface area contributed by atoms with Gasteiger partial charge in [-0.3, -0.25) is 0 Å². The molecule has 3 heteroatoms. The summed E-state index contributed by atoms with van der Waals surface area (Å²) in [6.07, 6.45) is 0. The molecule has 0 saturated carbocycles. The molecule has 0 amide bonds. The lowest BCUT2D eigenvalue weighted by Gasteiger charge is -2.06. The van der Waals surface area contributed by atoms with Crippen molar-refractivity contribution in [3.8, 4) is 11.5 Å². The Morgan fingerprint density at radius 1 is 1.00 bits per heavy atom. The van der Waals surface area contributed by atoms with Crippen molar-refractivity contribution in [2.45, 2.75) is 13.5 Å². The molecule has 2 nitrogen and oxygen atoms in total. The van der Waals surface area contributed by atoms with Gasteiger partial charge in [-0.25, -0.2) is 0 Å². The van der Waals surface area contributed by atoms with Crippen molar-refractivity contribution in [1.82, 2.24) is 0 Å². The van der Waals surface area contributed by atoms with E-state index in [0.717, 1.165) is 11.5 Å². The minimum atomic E-state index is 0.589. The molecule has 0 aliphatic carbocycles. The predicted octanol–water partition coefficient (Wildman–Crippen LogP) is 4.80. The highest BCUT2D eigenvalue weighted by molar-refractivity contribution is 7.19. The third kappa shape index (κ3) is 2.78. The molecule has 0 aliphatic rings. The van der Waals surface area contributed by atoms with Crippen molar-refractivity contribution >= 4 is 21.4 Å². The van der Waals surface area contributed by atoms with Gasteiger partial charge in [-0.1, -0.05) is 23.8 Å². The van der Waals surface area contributed by atoms with Gasteiger partial charge >= 0.3 is 0 Å². The highest BCUT2D eigenvalue weighted by atomic mass is 32.1. The molecule has 102 valence electrons. The van der Waals surface area contributed by atoms with Crippen LogP contribution in [0.5, 0.6) is 11.5 Å². The normalized spacial score (nSPS) is 10.7. The van der Waals surface area contributed by atoms with Gasteiger partial charge in [0.15, 0.2) is 0 Å². The van der Waals surface area contributed by atoms with Crippen molar-refractivity contribution in [2.24, 2.45) is 0 Å². The number of hydrogen-bond donors (Lipinski definition) is 0. The van der Waals surface area contributed by atoms with Gasteiger partial charge in [0.05, 0.1) is 7.11 Å². The van der Waals surface area contributed by atoms with Gasteiger partial charge in [0.25, 0.3) is 0 Å². The Kier molecular flexibility index (Phi) is 3.61. The van der Waals surface area contributed by atoms with Crippen molar-refractivity contribution in [3.63, 3.8) is 0 Å². The van der Waals surface area contributed by atoms with Crippen molar-refractivity contribution in [3.05, 3.63) is 59.0 Å². The van der Waals surface area contributed by atoms with E-state index >= 15 is 0 Å². The lowest BCUT2D eigenvalue weighted by molar-refractivity contribution is 0.307. The lowest BCUT2D eigenvalue weighted by Crippen LogP contribution is -1.93. The van der Waals surface area contributed by atoms with E-state index in [0.29, 0.717) is 6.61 Å². The second kappa shape index (κ2) is 5.55. The van der Waals surface area contributed by atoms with Gasteiger partial charge < -0.3 is 9.47 Å². The maximum atomic E-state index is 5.82. The number of aryl methyl sites for hydroxylation is 1. The van der Waals surface area contributed by atoms with Crippen LogP contribution in [0, 0.1) is 6.92 Å². The number of hydrogen-bond acceptors (Lipinski definition) is 3. The van der Waals surface area contributed by atoms with Gasteiger partial charge in [-0.2, -0.15) is 0 Å². The van der Waals surface area contributed by atoms with Crippen molar-refractivity contribution in [1.29, 1.82) is 0 Å². The fraction of sp³-hybridized carbons (Fsp3) is 0.176. The van der Waals surface area contributed by atoms with E-state index in [1.54, 1.807) is 18.4 Å². The molecular formula is C17H16O2S. The zero-order valence-corrected chi connectivity index (χ0v) is 12.4. The minimum absolute atomic E-state index is 0.589. The van der Waals surface area contributed by atoms with Crippen LogP contribution in [0.1, 0.15) is 10.4 Å². The third-order valence-corrected chi connectivity index (χ3v) is 4.23. The minimum Gasteiger partial charge on any atom is -0.497 e. The molecule has 0 bridgehead atoms. The first-order chi connectivity index (χ1) is 9.74. The van der Waals surface area contributed by atoms with E-state index in [4.69, 9.17) is 9.47 Å². The largest absolute Gasteiger partial charge is 0.497 e. The molecule has 3 aromatic rings. The summed E-state index contributed by atoms with van der Waals surface area (Å²) in [4.78, 5) is 1.23. The summed E-state index contributed by atoms with van der Waals surface area (Å²) in [6.45, 7) is 2.70. The summed E-state index contributed by atoms with van der Waals surface area (Å²) in [5.41, 5.74) is 1.29. The average Bonchev–Trinajstić information content (AvgIpc) is 2.87. The molecule has 0 fully saturated rings. The second-order valence-corrected chi connectivity index (χ2v) is 5.89. The number of ether oxygens (including phenoxy) is 2. The van der Waals surface area contributed by atoms with Crippen molar-refractivity contribution < 1.29 is 9.47 Å². The van der Waals surface area contributed by atoms with Crippen LogP contribution in [0.4, 0.5) is 0 Å². The summed E-state index contributed by atoms with van der Waals surface area (Å²) >= 11 is 1.78. The molecule has 2 aromatic carbocycles. The van der Waals surface area contributed by atoms with Crippen LogP contribution < -0.4 is 9.47 Å². The maximum absolute atomic E-state index is 5.82. The molecule has 0 N–H and O–H groups in total. The van der Waals surface area contributed by atoms with E-state index in [2.05, 4.69) is 31.2 Å². The molecule has 0 spiro atoms. The Morgan fingerprint density at radius 2 is 1.85 bits per heavy atom. The first kappa shape index (κ1) is 13.0. The topological polar surface area (TPSA) is 18.5 Å². The summed E-state index contributed by atoms with van der Waals surface area (Å²) < 4.78 is 12.3. The number of rotatable bonds is 4. The Balaban J connectivity index is 1.76. The standard InChI is InChI=1S/C17H16O2S/c1-12-6-7-17-13(8-12)9-16(20-17)11-19-15-5-3-4-14(10-15)18-2/h3-10H,11H2,1-2H3. The zero-order chi connectivity index (χ0) is 13.9. The summed E-state index contributed by atoms with van der Waals surface area (Å²) in [5.74, 6) is 1.65. The van der Waals surface area contributed by atoms with E-state index in [1.165, 1.54) is 20.5 Å². The van der Waals surface area contributed by atoms with Gasteiger partial charge in [-0.15, -0.1) is 11.3 Å². The van der Waals surface area contributed by atoms with Gasteiger partial charge in [0, 0.05) is 15.6 Å². The summed E-state index contributed by atoms with van der Waals surface area (Å²) in [6, 6.07) is 16.4. The Hall–Kier alpha value is -2.00. The summed E-state index contributed by atoms with van der Waals surface area (Å²) in [7, 11) is 1.66. The first-order valence-electron chi connectivity index (χ1n) is 6.50. The smallest absolute Gasteiger partial charge is 0.123 e. The zero-order valence-electron chi connectivity index (χ0n) is 11.6.